The fraction of sp³-hybridized carbons (Fsp3) is 0.0877. The minimum atomic E-state index is -0.459. The molecule has 0 saturated carbocycles. The minimum Gasteiger partial charge on any atom is -0.251 e. The number of aliphatic imine (C=N–C) groups is 2. The minimum absolute atomic E-state index is 0.362. The van der Waals surface area contributed by atoms with Crippen LogP contribution in [0.3, 0.4) is 0 Å². The van der Waals surface area contributed by atoms with Crippen LogP contribution in [-0.2, 0) is 0 Å². The third-order valence-corrected chi connectivity index (χ3v) is 11.5. The smallest absolute Gasteiger partial charge is 0.160 e. The number of hydrogen-bond donors (Lipinski definition) is 0. The van der Waals surface area contributed by atoms with Gasteiger partial charge in [0, 0.05) is 33.4 Å². The van der Waals surface area contributed by atoms with Crippen LogP contribution in [0.15, 0.2) is 222 Å². The molecule has 1 aliphatic carbocycles. The lowest BCUT2D eigenvalue weighted by molar-refractivity contribution is 0.614. The van der Waals surface area contributed by atoms with Gasteiger partial charge in [0.1, 0.15) is 6.04 Å². The van der Waals surface area contributed by atoms with Crippen molar-refractivity contribution in [3.63, 3.8) is 0 Å². The van der Waals surface area contributed by atoms with Crippen LogP contribution < -0.4 is 0 Å². The number of amidine groups is 1. The third kappa shape index (κ3) is 8.39. The number of pyridine rings is 2. The topological polar surface area (TPSA) is 76.3 Å². The summed E-state index contributed by atoms with van der Waals surface area (Å²) in [6, 6.07) is 63.6. The third-order valence-electron chi connectivity index (χ3n) is 11.5. The maximum atomic E-state index is 5.50. The zero-order chi connectivity index (χ0) is 42.5. The van der Waals surface area contributed by atoms with Crippen molar-refractivity contribution in [1.82, 2.24) is 19.9 Å². The molecule has 2 unspecified atom stereocenters. The van der Waals surface area contributed by atoms with Gasteiger partial charge in [-0.2, -0.15) is 0 Å². The molecule has 6 heteroatoms. The molecule has 0 spiro atoms. The van der Waals surface area contributed by atoms with E-state index in [1.165, 1.54) is 0 Å². The average Bonchev–Trinajstić information content (AvgIpc) is 3.56. The Kier molecular flexibility index (Phi) is 10.9. The van der Waals surface area contributed by atoms with E-state index in [1.807, 2.05) is 84.9 Å². The summed E-state index contributed by atoms with van der Waals surface area (Å²) in [4.78, 5) is 31.7. The summed E-state index contributed by atoms with van der Waals surface area (Å²) >= 11 is 0. The number of benzene rings is 5. The molecule has 1 aliphatic heterocycles. The Hall–Kier alpha value is -7.96. The lowest BCUT2D eigenvalue weighted by atomic mass is 9.92. The molecule has 4 heterocycles. The van der Waals surface area contributed by atoms with Crippen molar-refractivity contribution in [3.8, 4) is 45.0 Å². The largest absolute Gasteiger partial charge is 0.251 e. The molecule has 63 heavy (non-hydrogen) atoms. The normalized spacial score (nSPS) is 16.3. The predicted molar refractivity (Wildman–Crippen MR) is 258 cm³/mol. The molecule has 2 aliphatic rings. The Bertz CT molecular complexity index is 3010. The van der Waals surface area contributed by atoms with E-state index >= 15 is 0 Å². The van der Waals surface area contributed by atoms with E-state index in [1.54, 1.807) is 0 Å². The molecule has 0 amide bonds. The van der Waals surface area contributed by atoms with Gasteiger partial charge < -0.3 is 0 Å². The number of nitrogens with zero attached hydrogens (tertiary/aromatic N) is 6. The first kappa shape index (κ1) is 39.2. The molecule has 0 N–H and O–H groups in total. The molecule has 3 aromatic heterocycles. The van der Waals surface area contributed by atoms with Gasteiger partial charge in [0.05, 0.1) is 39.9 Å². The standard InChI is InChI=1S/C57H44N6/c1-38-20-18-31-46(57-60-50(41-23-10-4-11-24-41)37-51(61-57)42-25-12-5-13-26-42)47(34-38)52-35-45(40-21-8-3-9-22-40)36-53(59-52)48-32-19-33-49(58-48)55-39(2)54(43-27-14-6-15-28-43)62-56(63-55)44-29-16-7-17-30-44/h3-19,21-33,35-38,55H,2,20,34H2,1H3. The second-order valence-electron chi connectivity index (χ2n) is 16.0. The van der Waals surface area contributed by atoms with Gasteiger partial charge >= 0.3 is 0 Å². The molecule has 0 radical (unpaired) electrons. The lowest BCUT2D eigenvalue weighted by Gasteiger charge is -2.23. The van der Waals surface area contributed by atoms with Crippen molar-refractivity contribution in [1.29, 1.82) is 0 Å². The maximum Gasteiger partial charge on any atom is 0.160 e. The first-order valence-corrected chi connectivity index (χ1v) is 21.5. The van der Waals surface area contributed by atoms with Gasteiger partial charge in [-0.25, -0.2) is 24.9 Å². The summed E-state index contributed by atoms with van der Waals surface area (Å²) < 4.78 is 0. The fourth-order valence-electron chi connectivity index (χ4n) is 8.31. The molecule has 0 bridgehead atoms. The summed E-state index contributed by atoms with van der Waals surface area (Å²) in [6.07, 6.45) is 6.18. The van der Waals surface area contributed by atoms with E-state index in [0.29, 0.717) is 17.6 Å². The summed E-state index contributed by atoms with van der Waals surface area (Å²) in [5.41, 5.74) is 14.7. The van der Waals surface area contributed by atoms with Crippen molar-refractivity contribution in [3.05, 3.63) is 241 Å². The average molecular weight is 813 g/mol. The molecule has 8 aromatic rings. The molecule has 6 nitrogen and oxygen atoms in total. The van der Waals surface area contributed by atoms with Crippen LogP contribution in [-0.4, -0.2) is 31.5 Å². The van der Waals surface area contributed by atoms with E-state index < -0.39 is 6.04 Å². The van der Waals surface area contributed by atoms with E-state index in [0.717, 1.165) is 103 Å². The summed E-state index contributed by atoms with van der Waals surface area (Å²) in [5.74, 6) is 1.68. The van der Waals surface area contributed by atoms with E-state index in [9.17, 15) is 0 Å². The van der Waals surface area contributed by atoms with Gasteiger partial charge in [-0.05, 0) is 65.8 Å². The quantitative estimate of drug-likeness (QED) is 0.145. The van der Waals surface area contributed by atoms with Crippen LogP contribution in [0.1, 0.15) is 54.1 Å². The molecule has 0 saturated heterocycles. The van der Waals surface area contributed by atoms with E-state index in [2.05, 4.69) is 129 Å². The number of rotatable bonds is 9. The molecule has 0 fully saturated rings. The highest BCUT2D eigenvalue weighted by Gasteiger charge is 2.28. The Labute approximate surface area is 368 Å². The second kappa shape index (κ2) is 17.6. The Morgan fingerprint density at radius 1 is 0.476 bits per heavy atom. The Morgan fingerprint density at radius 2 is 1.03 bits per heavy atom. The van der Waals surface area contributed by atoms with Gasteiger partial charge in [-0.15, -0.1) is 0 Å². The Morgan fingerprint density at radius 3 is 1.65 bits per heavy atom. The van der Waals surface area contributed by atoms with Crippen molar-refractivity contribution in [2.45, 2.75) is 25.8 Å². The molecule has 302 valence electrons. The zero-order valence-electron chi connectivity index (χ0n) is 35.0. The van der Waals surface area contributed by atoms with E-state index in [4.69, 9.17) is 29.9 Å². The molecular formula is C57H44N6. The molecular weight excluding hydrogens is 769 g/mol. The highest BCUT2D eigenvalue weighted by Crippen LogP contribution is 2.39. The van der Waals surface area contributed by atoms with Gasteiger partial charge in [0.15, 0.2) is 11.7 Å². The Balaban J connectivity index is 1.14. The van der Waals surface area contributed by atoms with Gasteiger partial charge in [0.2, 0.25) is 0 Å². The van der Waals surface area contributed by atoms with Gasteiger partial charge in [-0.1, -0.05) is 183 Å². The van der Waals surface area contributed by atoms with Crippen molar-refractivity contribution >= 4 is 22.7 Å². The highest BCUT2D eigenvalue weighted by atomic mass is 15.0. The van der Waals surface area contributed by atoms with Gasteiger partial charge in [-0.3, -0.25) is 4.99 Å². The number of aromatic nitrogens is 4. The SMILES string of the molecule is C=C1C(c2ccccc2)=NC(c2ccccc2)=NC1c1cccc(-c2cc(-c3ccccc3)cc(C3=C(c4nc(-c5ccccc5)cc(-c5ccccc5)n4)C=CCC(C)C3)n2)n1. The fourth-order valence-corrected chi connectivity index (χ4v) is 8.31. The van der Waals surface area contributed by atoms with Crippen LogP contribution in [0.25, 0.3) is 56.2 Å². The molecule has 10 rings (SSSR count). The summed E-state index contributed by atoms with van der Waals surface area (Å²) in [6.45, 7) is 6.87. The summed E-state index contributed by atoms with van der Waals surface area (Å²) in [7, 11) is 0. The second-order valence-corrected chi connectivity index (χ2v) is 16.0. The number of allylic oxidation sites excluding steroid dienone is 4. The predicted octanol–water partition coefficient (Wildman–Crippen LogP) is 13.4. The zero-order valence-corrected chi connectivity index (χ0v) is 35.0. The van der Waals surface area contributed by atoms with Crippen LogP contribution >= 0.6 is 0 Å². The monoisotopic (exact) mass is 812 g/mol. The van der Waals surface area contributed by atoms with Crippen molar-refractivity contribution < 1.29 is 0 Å². The molecule has 2 atom stereocenters. The lowest BCUT2D eigenvalue weighted by Crippen LogP contribution is -2.20. The molecule has 5 aromatic carbocycles. The van der Waals surface area contributed by atoms with Gasteiger partial charge in [0.25, 0.3) is 0 Å². The van der Waals surface area contributed by atoms with Crippen LogP contribution in [0.2, 0.25) is 0 Å². The number of hydrogen-bond acceptors (Lipinski definition) is 6. The van der Waals surface area contributed by atoms with Crippen LogP contribution in [0, 0.1) is 5.92 Å². The highest BCUT2D eigenvalue weighted by molar-refractivity contribution is 6.21. The van der Waals surface area contributed by atoms with Crippen LogP contribution in [0.4, 0.5) is 0 Å². The first-order valence-electron chi connectivity index (χ1n) is 21.5. The summed E-state index contributed by atoms with van der Waals surface area (Å²) in [5, 5.41) is 0. The van der Waals surface area contributed by atoms with Crippen LogP contribution in [0.5, 0.6) is 0 Å². The van der Waals surface area contributed by atoms with Crippen molar-refractivity contribution in [2.75, 3.05) is 0 Å². The maximum absolute atomic E-state index is 5.50. The van der Waals surface area contributed by atoms with Crippen molar-refractivity contribution in [2.24, 2.45) is 15.9 Å². The van der Waals surface area contributed by atoms with E-state index in [-0.39, 0.29) is 0 Å². The first-order chi connectivity index (χ1) is 31.0.